The fraction of sp³-hybridized carbons (Fsp3) is 0.0625. The van der Waals surface area contributed by atoms with Gasteiger partial charge in [0.15, 0.2) is 17.2 Å². The SMILES string of the molecule is COc1ccccc1Oc1c([O])cnc2ccccc12. The molecule has 0 aliphatic rings. The summed E-state index contributed by atoms with van der Waals surface area (Å²) in [5, 5.41) is 12.7. The maximum atomic E-state index is 12.0. The highest BCUT2D eigenvalue weighted by atomic mass is 16.5. The molecule has 0 N–H and O–H groups in total. The average molecular weight is 266 g/mol. The second-order valence-corrected chi connectivity index (χ2v) is 4.22. The molecule has 4 nitrogen and oxygen atoms in total. The third-order valence-electron chi connectivity index (χ3n) is 2.97. The van der Waals surface area contributed by atoms with Crippen LogP contribution in [0.1, 0.15) is 0 Å². The van der Waals surface area contributed by atoms with E-state index in [-0.39, 0.29) is 11.5 Å². The Labute approximate surface area is 116 Å². The van der Waals surface area contributed by atoms with Crippen LogP contribution in [0.2, 0.25) is 0 Å². The average Bonchev–Trinajstić information content (AvgIpc) is 2.50. The van der Waals surface area contributed by atoms with Crippen LogP contribution in [0.25, 0.3) is 10.9 Å². The molecular formula is C16H12NO3. The summed E-state index contributed by atoms with van der Waals surface area (Å²) in [7, 11) is 1.56. The summed E-state index contributed by atoms with van der Waals surface area (Å²) in [6.45, 7) is 0. The third-order valence-corrected chi connectivity index (χ3v) is 2.97. The number of aromatic nitrogens is 1. The van der Waals surface area contributed by atoms with Crippen molar-refractivity contribution in [1.29, 1.82) is 0 Å². The Balaban J connectivity index is 2.13. The molecule has 0 spiro atoms. The van der Waals surface area contributed by atoms with Gasteiger partial charge in [-0.3, -0.25) is 10.1 Å². The topological polar surface area (TPSA) is 51.2 Å². The monoisotopic (exact) mass is 266 g/mol. The normalized spacial score (nSPS) is 10.4. The summed E-state index contributed by atoms with van der Waals surface area (Å²) < 4.78 is 11.0. The van der Waals surface area contributed by atoms with Crippen molar-refractivity contribution in [3.05, 3.63) is 54.7 Å². The van der Waals surface area contributed by atoms with Crippen molar-refractivity contribution in [2.24, 2.45) is 0 Å². The van der Waals surface area contributed by atoms with Crippen molar-refractivity contribution >= 4 is 10.9 Å². The number of benzene rings is 2. The Morgan fingerprint density at radius 2 is 1.65 bits per heavy atom. The molecule has 1 heterocycles. The van der Waals surface area contributed by atoms with Crippen LogP contribution in [0.3, 0.4) is 0 Å². The van der Waals surface area contributed by atoms with Gasteiger partial charge in [-0.15, -0.1) is 0 Å². The Hall–Kier alpha value is -2.75. The van der Waals surface area contributed by atoms with Crippen molar-refractivity contribution in [2.45, 2.75) is 0 Å². The van der Waals surface area contributed by atoms with Crippen LogP contribution in [0.15, 0.2) is 54.7 Å². The minimum Gasteiger partial charge on any atom is -0.493 e. The molecule has 0 saturated carbocycles. The summed E-state index contributed by atoms with van der Waals surface area (Å²) in [4.78, 5) is 4.10. The lowest BCUT2D eigenvalue weighted by atomic mass is 10.2. The van der Waals surface area contributed by atoms with Gasteiger partial charge in [-0.2, -0.15) is 0 Å². The fourth-order valence-electron chi connectivity index (χ4n) is 2.02. The Morgan fingerprint density at radius 3 is 2.45 bits per heavy atom. The number of nitrogens with zero attached hydrogens (tertiary/aromatic N) is 1. The van der Waals surface area contributed by atoms with E-state index in [4.69, 9.17) is 9.47 Å². The van der Waals surface area contributed by atoms with E-state index < -0.39 is 0 Å². The molecule has 2 aromatic carbocycles. The van der Waals surface area contributed by atoms with Crippen LogP contribution in [0, 0.1) is 0 Å². The first-order valence-corrected chi connectivity index (χ1v) is 6.15. The van der Waals surface area contributed by atoms with Gasteiger partial charge in [0.25, 0.3) is 0 Å². The molecular weight excluding hydrogens is 254 g/mol. The second kappa shape index (κ2) is 5.09. The highest BCUT2D eigenvalue weighted by Gasteiger charge is 2.14. The van der Waals surface area contributed by atoms with E-state index in [1.54, 1.807) is 19.2 Å². The summed E-state index contributed by atoms with van der Waals surface area (Å²) >= 11 is 0. The van der Waals surface area contributed by atoms with Crippen molar-refractivity contribution in [3.8, 4) is 23.0 Å². The van der Waals surface area contributed by atoms with Gasteiger partial charge in [0.05, 0.1) is 18.8 Å². The van der Waals surface area contributed by atoms with Gasteiger partial charge in [-0.25, -0.2) is 0 Å². The minimum absolute atomic E-state index is 0.255. The number of fused-ring (bicyclic) bond motifs is 1. The van der Waals surface area contributed by atoms with Crippen LogP contribution in [-0.4, -0.2) is 12.1 Å². The Bertz CT molecular complexity index is 756. The number of hydrogen-bond donors (Lipinski definition) is 0. The largest absolute Gasteiger partial charge is 0.493 e. The van der Waals surface area contributed by atoms with Gasteiger partial charge < -0.3 is 9.47 Å². The molecule has 0 amide bonds. The summed E-state index contributed by atoms with van der Waals surface area (Å²) in [6, 6.07) is 14.6. The van der Waals surface area contributed by atoms with Gasteiger partial charge in [0.1, 0.15) is 0 Å². The fourth-order valence-corrected chi connectivity index (χ4v) is 2.02. The maximum absolute atomic E-state index is 12.0. The maximum Gasteiger partial charge on any atom is 0.239 e. The minimum atomic E-state index is -0.255. The molecule has 4 heteroatoms. The van der Waals surface area contributed by atoms with E-state index in [9.17, 15) is 5.11 Å². The van der Waals surface area contributed by atoms with Crippen molar-refractivity contribution in [1.82, 2.24) is 4.98 Å². The van der Waals surface area contributed by atoms with E-state index in [0.29, 0.717) is 16.9 Å². The van der Waals surface area contributed by atoms with Crippen LogP contribution >= 0.6 is 0 Å². The van der Waals surface area contributed by atoms with E-state index in [1.807, 2.05) is 36.4 Å². The van der Waals surface area contributed by atoms with Crippen molar-refractivity contribution in [3.63, 3.8) is 0 Å². The molecule has 0 fully saturated rings. The zero-order valence-electron chi connectivity index (χ0n) is 10.9. The van der Waals surface area contributed by atoms with Crippen LogP contribution in [-0.2, 0) is 5.11 Å². The van der Waals surface area contributed by atoms with Gasteiger partial charge in [-0.05, 0) is 24.3 Å². The standard InChI is InChI=1S/C16H12NO3/c1-19-14-8-4-5-9-15(14)20-16-11-6-2-3-7-12(11)17-10-13(16)18/h2-10H,1H3. The molecule has 0 atom stereocenters. The molecule has 1 radical (unpaired) electrons. The molecule has 0 aliphatic carbocycles. The number of para-hydroxylation sites is 3. The number of rotatable bonds is 3. The quantitative estimate of drug-likeness (QED) is 0.714. The molecule has 3 aromatic rings. The molecule has 20 heavy (non-hydrogen) atoms. The number of methoxy groups -OCH3 is 1. The molecule has 3 rings (SSSR count). The van der Waals surface area contributed by atoms with Crippen molar-refractivity contribution < 1.29 is 14.6 Å². The first-order valence-electron chi connectivity index (χ1n) is 6.15. The van der Waals surface area contributed by atoms with Gasteiger partial charge in [0, 0.05) is 5.39 Å². The highest BCUT2D eigenvalue weighted by molar-refractivity contribution is 5.87. The van der Waals surface area contributed by atoms with E-state index in [2.05, 4.69) is 4.98 Å². The molecule has 0 saturated heterocycles. The number of hydrogen-bond acceptors (Lipinski definition) is 3. The first-order chi connectivity index (χ1) is 9.79. The third kappa shape index (κ3) is 2.12. The molecule has 99 valence electrons. The lowest BCUT2D eigenvalue weighted by Crippen LogP contribution is -1.91. The predicted octanol–water partition coefficient (Wildman–Crippen LogP) is 4.18. The zero-order chi connectivity index (χ0) is 13.9. The van der Waals surface area contributed by atoms with Gasteiger partial charge in [0.2, 0.25) is 5.75 Å². The smallest absolute Gasteiger partial charge is 0.239 e. The van der Waals surface area contributed by atoms with Crippen LogP contribution < -0.4 is 9.47 Å². The molecule has 1 aromatic heterocycles. The molecule has 0 aliphatic heterocycles. The van der Waals surface area contributed by atoms with E-state index in [0.717, 1.165) is 5.52 Å². The summed E-state index contributed by atoms with van der Waals surface area (Å²) in [5.74, 6) is 1.09. The second-order valence-electron chi connectivity index (χ2n) is 4.22. The lowest BCUT2D eigenvalue weighted by Gasteiger charge is -2.11. The lowest BCUT2D eigenvalue weighted by molar-refractivity contribution is 0.323. The zero-order valence-corrected chi connectivity index (χ0v) is 10.9. The predicted molar refractivity (Wildman–Crippen MR) is 74.9 cm³/mol. The Morgan fingerprint density at radius 1 is 0.950 bits per heavy atom. The van der Waals surface area contributed by atoms with Crippen molar-refractivity contribution in [2.75, 3.05) is 7.11 Å². The summed E-state index contributed by atoms with van der Waals surface area (Å²) in [5.41, 5.74) is 0.719. The van der Waals surface area contributed by atoms with Crippen LogP contribution in [0.4, 0.5) is 0 Å². The first kappa shape index (κ1) is 12.3. The van der Waals surface area contributed by atoms with Crippen LogP contribution in [0.5, 0.6) is 23.0 Å². The number of ether oxygens (including phenoxy) is 2. The molecule has 0 bridgehead atoms. The summed E-state index contributed by atoms with van der Waals surface area (Å²) in [6.07, 6.45) is 1.27. The molecule has 0 unspecified atom stereocenters. The van der Waals surface area contributed by atoms with Gasteiger partial charge >= 0.3 is 0 Å². The number of pyridine rings is 1. The van der Waals surface area contributed by atoms with E-state index >= 15 is 0 Å². The van der Waals surface area contributed by atoms with Gasteiger partial charge in [-0.1, -0.05) is 24.3 Å². The highest BCUT2D eigenvalue weighted by Crippen LogP contribution is 2.39. The van der Waals surface area contributed by atoms with E-state index in [1.165, 1.54) is 6.20 Å². The Kier molecular flexibility index (Phi) is 3.13.